The molecule has 0 spiro atoms. The molecule has 8 heteroatoms. The van der Waals surface area contributed by atoms with Crippen molar-refractivity contribution in [3.63, 3.8) is 0 Å². The average Bonchev–Trinajstić information content (AvgIpc) is 3.18. The van der Waals surface area contributed by atoms with Gasteiger partial charge in [-0.15, -0.1) is 0 Å². The third-order valence-corrected chi connectivity index (χ3v) is 3.83. The highest BCUT2D eigenvalue weighted by Crippen LogP contribution is 2.20. The smallest absolute Gasteiger partial charge is 0.338 e. The number of esters is 1. The highest BCUT2D eigenvalue weighted by Gasteiger charge is 2.11. The largest absolute Gasteiger partial charge is 0.462 e. The van der Waals surface area contributed by atoms with Crippen LogP contribution in [0.3, 0.4) is 0 Å². The summed E-state index contributed by atoms with van der Waals surface area (Å²) in [5, 5.41) is 15.2. The van der Waals surface area contributed by atoms with Gasteiger partial charge in [0.15, 0.2) is 0 Å². The van der Waals surface area contributed by atoms with Gasteiger partial charge in [-0.3, -0.25) is 5.10 Å². The molecule has 0 aliphatic rings. The van der Waals surface area contributed by atoms with Gasteiger partial charge in [0.2, 0.25) is 5.95 Å². The number of benzene rings is 2. The van der Waals surface area contributed by atoms with Crippen molar-refractivity contribution < 1.29 is 9.53 Å². The van der Waals surface area contributed by atoms with Gasteiger partial charge in [0.1, 0.15) is 0 Å². The molecule has 2 heterocycles. The molecule has 0 aliphatic carbocycles. The van der Waals surface area contributed by atoms with Crippen molar-refractivity contribution in [2.24, 2.45) is 0 Å². The minimum atomic E-state index is -0.371. The summed E-state index contributed by atoms with van der Waals surface area (Å²) in [6.45, 7) is 2.09. The normalized spacial score (nSPS) is 10.8. The molecule has 0 atom stereocenters. The molecule has 26 heavy (non-hydrogen) atoms. The maximum absolute atomic E-state index is 11.8. The van der Waals surface area contributed by atoms with E-state index >= 15 is 0 Å². The van der Waals surface area contributed by atoms with E-state index in [1.54, 1.807) is 41.8 Å². The maximum atomic E-state index is 11.8. The molecular weight excluding hydrogens is 332 g/mol. The summed E-state index contributed by atoms with van der Waals surface area (Å²) in [4.78, 5) is 20.6. The summed E-state index contributed by atoms with van der Waals surface area (Å²) in [6.07, 6.45) is 0. The highest BCUT2D eigenvalue weighted by atomic mass is 16.5. The Labute approximate surface area is 148 Å². The molecule has 0 unspecified atom stereocenters. The van der Waals surface area contributed by atoms with Crippen LogP contribution >= 0.6 is 0 Å². The Morgan fingerprint density at radius 2 is 2.19 bits per heavy atom. The van der Waals surface area contributed by atoms with Gasteiger partial charge >= 0.3 is 5.97 Å². The van der Waals surface area contributed by atoms with Crippen molar-refractivity contribution in [3.8, 4) is 6.07 Å². The summed E-state index contributed by atoms with van der Waals surface area (Å²) in [6, 6.07) is 14.3. The van der Waals surface area contributed by atoms with Crippen molar-refractivity contribution >= 4 is 34.4 Å². The zero-order valence-electron chi connectivity index (χ0n) is 13.9. The number of fused-ring (bicyclic) bond motifs is 3. The predicted molar refractivity (Wildman–Crippen MR) is 95.2 cm³/mol. The van der Waals surface area contributed by atoms with Crippen LogP contribution in [-0.4, -0.2) is 32.2 Å². The van der Waals surface area contributed by atoms with Gasteiger partial charge in [0.05, 0.1) is 34.8 Å². The molecule has 8 nitrogen and oxygen atoms in total. The summed E-state index contributed by atoms with van der Waals surface area (Å²) < 4.78 is 6.74. The Hall–Kier alpha value is -3.86. The Kier molecular flexibility index (Phi) is 3.74. The number of ether oxygens (including phenoxy) is 1. The first-order chi connectivity index (χ1) is 12.7. The number of H-pyrrole nitrogens is 1. The second-order valence-electron chi connectivity index (χ2n) is 5.56. The SMILES string of the molecule is CCOC(=O)c1cccc(Nc2nc3nc4cc(C#N)ccc4n3[nH]2)c1. The lowest BCUT2D eigenvalue weighted by Crippen LogP contribution is -2.05. The van der Waals surface area contributed by atoms with E-state index in [2.05, 4.69) is 26.5 Å². The number of hydrogen-bond acceptors (Lipinski definition) is 6. The number of nitrogens with zero attached hydrogens (tertiary/aromatic N) is 4. The van der Waals surface area contributed by atoms with Crippen LogP contribution in [0.4, 0.5) is 11.6 Å². The van der Waals surface area contributed by atoms with Crippen molar-refractivity contribution in [1.29, 1.82) is 5.26 Å². The van der Waals surface area contributed by atoms with Gasteiger partial charge in [0.25, 0.3) is 5.78 Å². The second kappa shape index (κ2) is 6.22. The van der Waals surface area contributed by atoms with E-state index < -0.39 is 0 Å². The first-order valence-electron chi connectivity index (χ1n) is 8.00. The molecule has 2 N–H and O–H groups in total. The van der Waals surface area contributed by atoms with E-state index in [9.17, 15) is 4.79 Å². The van der Waals surface area contributed by atoms with Crippen LogP contribution in [0.15, 0.2) is 42.5 Å². The molecule has 0 aliphatic heterocycles. The van der Waals surface area contributed by atoms with Crippen molar-refractivity contribution in [2.75, 3.05) is 11.9 Å². The van der Waals surface area contributed by atoms with Gasteiger partial charge in [-0.2, -0.15) is 10.2 Å². The number of aromatic nitrogens is 4. The number of imidazole rings is 1. The van der Waals surface area contributed by atoms with Gasteiger partial charge in [-0.05, 0) is 43.3 Å². The summed E-state index contributed by atoms with van der Waals surface area (Å²) in [5.41, 5.74) is 3.22. The van der Waals surface area contributed by atoms with Crippen LogP contribution in [0, 0.1) is 11.3 Å². The Balaban J connectivity index is 1.65. The van der Waals surface area contributed by atoms with Crippen LogP contribution in [0.2, 0.25) is 0 Å². The highest BCUT2D eigenvalue weighted by molar-refractivity contribution is 5.90. The van der Waals surface area contributed by atoms with E-state index in [4.69, 9.17) is 10.00 Å². The first-order valence-corrected chi connectivity index (χ1v) is 8.00. The van der Waals surface area contributed by atoms with Crippen LogP contribution < -0.4 is 5.32 Å². The molecule has 0 saturated heterocycles. The monoisotopic (exact) mass is 346 g/mol. The van der Waals surface area contributed by atoms with E-state index in [0.29, 0.717) is 40.7 Å². The van der Waals surface area contributed by atoms with Crippen LogP contribution in [0.5, 0.6) is 0 Å². The van der Waals surface area contributed by atoms with E-state index in [1.807, 2.05) is 12.1 Å². The quantitative estimate of drug-likeness (QED) is 0.550. The number of hydrogen-bond donors (Lipinski definition) is 2. The number of aromatic amines is 1. The Morgan fingerprint density at radius 1 is 1.31 bits per heavy atom. The minimum Gasteiger partial charge on any atom is -0.462 e. The first kappa shape index (κ1) is 15.7. The molecule has 128 valence electrons. The lowest BCUT2D eigenvalue weighted by molar-refractivity contribution is 0.0526. The van der Waals surface area contributed by atoms with Crippen molar-refractivity contribution in [2.45, 2.75) is 6.92 Å². The number of carbonyl (C=O) groups is 1. The molecule has 0 saturated carbocycles. The molecule has 4 rings (SSSR count). The van der Waals surface area contributed by atoms with E-state index in [-0.39, 0.29) is 5.97 Å². The summed E-state index contributed by atoms with van der Waals surface area (Å²) in [7, 11) is 0. The minimum absolute atomic E-state index is 0.326. The molecule has 2 aromatic heterocycles. The number of nitrogens with one attached hydrogen (secondary N) is 2. The van der Waals surface area contributed by atoms with Crippen molar-refractivity contribution in [1.82, 2.24) is 19.6 Å². The van der Waals surface area contributed by atoms with E-state index in [0.717, 1.165) is 5.52 Å². The standard InChI is InChI=1S/C18H14N6O2/c1-2-26-16(25)12-4-3-5-13(9-12)20-17-22-18-21-14-8-11(10-19)6-7-15(14)24(18)23-17/h3-9H,2H2,1H3,(H2,20,21,22,23). The fraction of sp³-hybridized carbons (Fsp3) is 0.111. The van der Waals surface area contributed by atoms with Crippen molar-refractivity contribution in [3.05, 3.63) is 53.6 Å². The molecule has 0 fully saturated rings. The van der Waals surface area contributed by atoms with Gasteiger partial charge in [-0.25, -0.2) is 14.3 Å². The molecular formula is C18H14N6O2. The topological polar surface area (TPSA) is 108 Å². The molecule has 0 amide bonds. The lowest BCUT2D eigenvalue weighted by Gasteiger charge is -2.05. The predicted octanol–water partition coefficient (Wildman–Crippen LogP) is 3.00. The molecule has 2 aromatic carbocycles. The third-order valence-electron chi connectivity index (χ3n) is 3.83. The molecule has 0 bridgehead atoms. The second-order valence-corrected chi connectivity index (χ2v) is 5.56. The van der Waals surface area contributed by atoms with Crippen LogP contribution in [-0.2, 0) is 4.74 Å². The molecule has 0 radical (unpaired) electrons. The molecule has 4 aromatic rings. The number of rotatable bonds is 4. The van der Waals surface area contributed by atoms with Gasteiger partial charge in [0, 0.05) is 5.69 Å². The summed E-state index contributed by atoms with van der Waals surface area (Å²) >= 11 is 0. The zero-order chi connectivity index (χ0) is 18.1. The van der Waals surface area contributed by atoms with Gasteiger partial charge < -0.3 is 10.1 Å². The van der Waals surface area contributed by atoms with Crippen LogP contribution in [0.1, 0.15) is 22.8 Å². The lowest BCUT2D eigenvalue weighted by atomic mass is 10.2. The Bertz CT molecular complexity index is 1170. The fourth-order valence-electron chi connectivity index (χ4n) is 2.68. The number of nitriles is 1. The van der Waals surface area contributed by atoms with Gasteiger partial charge in [-0.1, -0.05) is 6.07 Å². The van der Waals surface area contributed by atoms with Crippen LogP contribution in [0.25, 0.3) is 16.8 Å². The zero-order valence-corrected chi connectivity index (χ0v) is 13.9. The average molecular weight is 346 g/mol. The number of anilines is 2. The maximum Gasteiger partial charge on any atom is 0.338 e. The summed E-state index contributed by atoms with van der Waals surface area (Å²) in [5.74, 6) is 0.601. The number of carbonyl (C=O) groups excluding carboxylic acids is 1. The fourth-order valence-corrected chi connectivity index (χ4v) is 2.68. The third kappa shape index (κ3) is 2.71. The van der Waals surface area contributed by atoms with E-state index in [1.165, 1.54) is 0 Å². The Morgan fingerprint density at radius 3 is 3.00 bits per heavy atom.